The number of carbonyl (C=O) groups is 3. The summed E-state index contributed by atoms with van der Waals surface area (Å²) in [4.78, 5) is 51.6. The van der Waals surface area contributed by atoms with E-state index in [2.05, 4.69) is 48.2 Å². The third-order valence-electron chi connectivity index (χ3n) is 10.2. The first-order chi connectivity index (χ1) is 23.9. The molecule has 1 fully saturated rings. The first-order valence-electron chi connectivity index (χ1n) is 16.6. The van der Waals surface area contributed by atoms with Crippen molar-refractivity contribution >= 4 is 18.0 Å². The fraction of sp³-hybridized carbons (Fsp3) is 0.333. The number of amides is 2. The number of ketones is 1. The molecule has 2 amide bonds. The predicted octanol–water partition coefficient (Wildman–Crippen LogP) is 5.66. The van der Waals surface area contributed by atoms with Gasteiger partial charge in [0.1, 0.15) is 17.4 Å². The van der Waals surface area contributed by atoms with Crippen LogP contribution in [-0.2, 0) is 22.5 Å². The Balaban J connectivity index is 0.961. The lowest BCUT2D eigenvalue weighted by atomic mass is 9.79. The molecule has 49 heavy (non-hydrogen) atoms. The van der Waals surface area contributed by atoms with Crippen LogP contribution in [0.3, 0.4) is 0 Å². The minimum Gasteiger partial charge on any atom is -0.465 e. The number of Topliss-reactive ketones (excluding diaryl/α,β-unsaturated/α-hetero) is 1. The van der Waals surface area contributed by atoms with Crippen molar-refractivity contribution in [3.63, 3.8) is 0 Å². The van der Waals surface area contributed by atoms with E-state index in [0.717, 1.165) is 64.3 Å². The van der Waals surface area contributed by atoms with Gasteiger partial charge in [0.05, 0.1) is 31.0 Å². The number of alkyl carbamates (subject to hydrolysis) is 1. The van der Waals surface area contributed by atoms with Crippen molar-refractivity contribution in [3.8, 4) is 33.8 Å². The molecule has 13 heteroatoms. The number of benzene rings is 2. The molecule has 5 aromatic rings. The van der Waals surface area contributed by atoms with E-state index in [1.165, 1.54) is 12.0 Å². The molecule has 2 unspecified atom stereocenters. The summed E-state index contributed by atoms with van der Waals surface area (Å²) in [6, 6.07) is 17.7. The first-order valence-corrected chi connectivity index (χ1v) is 16.6. The Morgan fingerprint density at radius 1 is 0.980 bits per heavy atom. The van der Waals surface area contributed by atoms with Gasteiger partial charge < -0.3 is 24.7 Å². The van der Waals surface area contributed by atoms with Crippen molar-refractivity contribution in [3.05, 3.63) is 89.9 Å². The first kappa shape index (κ1) is 30.6. The number of imidazole rings is 1. The Kier molecular flexibility index (Phi) is 7.73. The maximum atomic E-state index is 13.7. The summed E-state index contributed by atoms with van der Waals surface area (Å²) in [7, 11) is 1.34. The molecule has 4 N–H and O–H groups in total. The molecule has 4 atom stereocenters. The number of carboxylic acid groups (broad SMARTS) is 1. The molecule has 3 aromatic heterocycles. The summed E-state index contributed by atoms with van der Waals surface area (Å²) >= 11 is 0. The van der Waals surface area contributed by atoms with Gasteiger partial charge in [0.2, 0.25) is 0 Å². The van der Waals surface area contributed by atoms with E-state index in [-0.39, 0.29) is 23.8 Å². The van der Waals surface area contributed by atoms with Gasteiger partial charge in [-0.2, -0.15) is 5.10 Å². The molecule has 0 bridgehead atoms. The molecule has 8 rings (SSSR count). The number of aryl methyl sites for hydroxylation is 1. The third-order valence-corrected chi connectivity index (χ3v) is 10.2. The number of rotatable bonds is 6. The second kappa shape index (κ2) is 12.4. The monoisotopic (exact) mass is 660 g/mol. The van der Waals surface area contributed by atoms with Crippen LogP contribution in [0.25, 0.3) is 33.8 Å². The van der Waals surface area contributed by atoms with E-state index in [4.69, 9.17) is 9.72 Å². The van der Waals surface area contributed by atoms with Gasteiger partial charge in [0, 0.05) is 48.9 Å². The summed E-state index contributed by atoms with van der Waals surface area (Å²) in [6.45, 7) is 1.13. The molecule has 0 radical (unpaired) electrons. The second-order valence-corrected chi connectivity index (χ2v) is 13.0. The number of aromatic nitrogens is 6. The minimum absolute atomic E-state index is 0.0975. The molecule has 0 saturated carbocycles. The van der Waals surface area contributed by atoms with Gasteiger partial charge in [-0.05, 0) is 54.0 Å². The Morgan fingerprint density at radius 2 is 1.71 bits per heavy atom. The number of aromatic amines is 2. The SMILES string of the molecule is COC(=O)N[C@H]1CCc2ccn3c2C1C(=O)C[C@H](c1ncc(-c2ccc(-c4ccc(-c5n[nH]c(C6CCCN6C(=O)O)n5)cc4)cc2)[nH]1)C3. The minimum atomic E-state index is -0.941. The molecule has 3 aliphatic rings. The number of likely N-dealkylation sites (tertiary alicyclic amines) is 1. The molecule has 13 nitrogen and oxygen atoms in total. The highest BCUT2D eigenvalue weighted by Crippen LogP contribution is 2.40. The van der Waals surface area contributed by atoms with Gasteiger partial charge in [0.25, 0.3) is 0 Å². The largest absolute Gasteiger partial charge is 0.465 e. The number of hydrogen-bond donors (Lipinski definition) is 4. The quantitative estimate of drug-likeness (QED) is 0.181. The van der Waals surface area contributed by atoms with Crippen LogP contribution < -0.4 is 5.32 Å². The van der Waals surface area contributed by atoms with Crippen molar-refractivity contribution < 1.29 is 24.2 Å². The van der Waals surface area contributed by atoms with Crippen molar-refractivity contribution in [1.82, 2.24) is 39.9 Å². The number of methoxy groups -OCH3 is 1. The highest BCUT2D eigenvalue weighted by Gasteiger charge is 2.41. The van der Waals surface area contributed by atoms with Gasteiger partial charge in [-0.25, -0.2) is 19.6 Å². The van der Waals surface area contributed by atoms with Crippen molar-refractivity contribution in [2.24, 2.45) is 0 Å². The van der Waals surface area contributed by atoms with Crippen LogP contribution in [0.5, 0.6) is 0 Å². The molecule has 5 heterocycles. The smallest absolute Gasteiger partial charge is 0.407 e. The normalized spacial score (nSPS) is 21.7. The highest BCUT2D eigenvalue weighted by atomic mass is 16.5. The van der Waals surface area contributed by atoms with Crippen LogP contribution in [0.4, 0.5) is 9.59 Å². The Hall–Kier alpha value is -5.72. The molecule has 0 spiro atoms. The highest BCUT2D eigenvalue weighted by molar-refractivity contribution is 5.88. The molecule has 2 aliphatic heterocycles. The van der Waals surface area contributed by atoms with E-state index in [9.17, 15) is 19.5 Å². The van der Waals surface area contributed by atoms with Crippen molar-refractivity contribution in [2.75, 3.05) is 13.7 Å². The Labute approximate surface area is 281 Å². The van der Waals surface area contributed by atoms with Crippen LogP contribution in [0.15, 0.2) is 67.0 Å². The standard InChI is InChI=1S/C36H36N8O5/c1-49-35(46)39-26-13-12-23-14-16-43-19-25(17-29(45)30(26)31(23)43)32-37-18-27(38-32)22-8-4-20(5-9-22)21-6-10-24(11-7-21)33-40-34(42-41-33)28-3-2-15-44(28)36(47)48/h4-11,14,16,18,25-26,28,30H,2-3,12-13,15,17,19H2,1H3,(H,37,38)(H,39,46)(H,47,48)(H,40,41,42)/t25-,26-,28?,30?/m0/s1. The van der Waals surface area contributed by atoms with Crippen LogP contribution in [0.1, 0.15) is 66.5 Å². The lowest BCUT2D eigenvalue weighted by Gasteiger charge is -2.31. The average Bonchev–Trinajstić information content (AvgIpc) is 3.94. The summed E-state index contributed by atoms with van der Waals surface area (Å²) in [5.41, 5.74) is 6.94. The fourth-order valence-electron chi connectivity index (χ4n) is 7.72. The zero-order valence-electron chi connectivity index (χ0n) is 26.9. The van der Waals surface area contributed by atoms with E-state index in [1.807, 2.05) is 48.8 Å². The Bertz CT molecular complexity index is 2030. The van der Waals surface area contributed by atoms with Crippen LogP contribution in [0, 0.1) is 0 Å². The van der Waals surface area contributed by atoms with E-state index < -0.39 is 18.1 Å². The second-order valence-electron chi connectivity index (χ2n) is 13.0. The molecule has 1 saturated heterocycles. The number of hydrogen-bond acceptors (Lipinski definition) is 7. The molecule has 250 valence electrons. The number of ether oxygens (including phenoxy) is 1. The van der Waals surface area contributed by atoms with Crippen LogP contribution in [-0.4, -0.2) is 77.4 Å². The predicted molar refractivity (Wildman–Crippen MR) is 179 cm³/mol. The summed E-state index contributed by atoms with van der Waals surface area (Å²) in [5.74, 6) is 1.43. The van der Waals surface area contributed by atoms with E-state index in [1.54, 1.807) is 0 Å². The van der Waals surface area contributed by atoms with Gasteiger partial charge in [-0.15, -0.1) is 0 Å². The molecular weight excluding hydrogens is 624 g/mol. The third kappa shape index (κ3) is 5.64. The summed E-state index contributed by atoms with van der Waals surface area (Å²) < 4.78 is 7.00. The van der Waals surface area contributed by atoms with Gasteiger partial charge >= 0.3 is 12.2 Å². The van der Waals surface area contributed by atoms with Crippen molar-refractivity contribution in [2.45, 2.75) is 62.6 Å². The number of carbonyl (C=O) groups excluding carboxylic acids is 2. The Morgan fingerprint density at radius 3 is 2.45 bits per heavy atom. The van der Waals surface area contributed by atoms with Crippen molar-refractivity contribution in [1.29, 1.82) is 0 Å². The van der Waals surface area contributed by atoms with Gasteiger partial charge in [0.15, 0.2) is 5.82 Å². The maximum Gasteiger partial charge on any atom is 0.407 e. The van der Waals surface area contributed by atoms with Gasteiger partial charge in [-0.3, -0.25) is 14.8 Å². The number of H-pyrrole nitrogens is 2. The molecule has 2 aromatic carbocycles. The van der Waals surface area contributed by atoms with Gasteiger partial charge in [-0.1, -0.05) is 48.5 Å². The zero-order valence-corrected chi connectivity index (χ0v) is 26.9. The summed E-state index contributed by atoms with van der Waals surface area (Å²) in [5, 5.41) is 19.7. The number of nitrogens with one attached hydrogen (secondary N) is 3. The lowest BCUT2D eigenvalue weighted by Crippen LogP contribution is -2.44. The summed E-state index contributed by atoms with van der Waals surface area (Å²) in [6.07, 6.45) is 5.75. The van der Waals surface area contributed by atoms with Crippen LogP contribution in [0.2, 0.25) is 0 Å². The van der Waals surface area contributed by atoms with E-state index in [0.29, 0.717) is 37.6 Å². The molecule has 1 aliphatic carbocycles. The molecular formula is C36H36N8O5. The number of nitrogens with zero attached hydrogens (tertiary/aromatic N) is 5. The zero-order chi connectivity index (χ0) is 33.6. The van der Waals surface area contributed by atoms with E-state index >= 15 is 0 Å². The average molecular weight is 661 g/mol. The topological polar surface area (TPSA) is 171 Å². The van der Waals surface area contributed by atoms with Crippen LogP contribution >= 0.6 is 0 Å². The fourth-order valence-corrected chi connectivity index (χ4v) is 7.72. The maximum absolute atomic E-state index is 13.7. The lowest BCUT2D eigenvalue weighted by molar-refractivity contribution is -0.121.